The van der Waals surface area contributed by atoms with Crippen molar-refractivity contribution in [2.75, 3.05) is 7.11 Å². The summed E-state index contributed by atoms with van der Waals surface area (Å²) in [7, 11) is 1.41. The molecule has 1 rings (SSSR count). The smallest absolute Gasteiger partial charge is 0.305 e. The van der Waals surface area contributed by atoms with Gasteiger partial charge in [0.05, 0.1) is 20.0 Å². The van der Waals surface area contributed by atoms with Crippen LogP contribution in [0.25, 0.3) is 0 Å². The van der Waals surface area contributed by atoms with Crippen LogP contribution in [0, 0.1) is 12.8 Å². The van der Waals surface area contributed by atoms with Crippen molar-refractivity contribution in [2.45, 2.75) is 19.3 Å². The average molecular weight is 205 g/mol. The van der Waals surface area contributed by atoms with Crippen molar-refractivity contribution in [3.8, 4) is 0 Å². The minimum atomic E-state index is -0.156. The maximum atomic E-state index is 10.9. The van der Waals surface area contributed by atoms with E-state index in [9.17, 15) is 4.79 Å². The topological polar surface area (TPSA) is 26.3 Å². The average Bonchev–Trinajstić information content (AvgIpc) is 2.27. The Morgan fingerprint density at radius 1 is 1.40 bits per heavy atom. The van der Waals surface area contributed by atoms with Gasteiger partial charge in [-0.25, -0.2) is 0 Å². The van der Waals surface area contributed by atoms with Gasteiger partial charge < -0.3 is 4.74 Å². The molecule has 0 bridgehead atoms. The first-order valence-electron chi connectivity index (χ1n) is 5.16. The molecule has 0 N–H and O–H groups in total. The zero-order valence-electron chi connectivity index (χ0n) is 9.11. The summed E-state index contributed by atoms with van der Waals surface area (Å²) in [5.41, 5.74) is 1.27. The summed E-state index contributed by atoms with van der Waals surface area (Å²) in [6, 6.07) is 10.2. The van der Waals surface area contributed by atoms with E-state index in [2.05, 4.69) is 23.8 Å². The predicted molar refractivity (Wildman–Crippen MR) is 60.2 cm³/mol. The van der Waals surface area contributed by atoms with E-state index < -0.39 is 0 Å². The van der Waals surface area contributed by atoms with Crippen LogP contribution in [0.15, 0.2) is 30.3 Å². The zero-order chi connectivity index (χ0) is 11.1. The van der Waals surface area contributed by atoms with E-state index in [0.29, 0.717) is 6.42 Å². The van der Waals surface area contributed by atoms with Crippen molar-refractivity contribution in [3.05, 3.63) is 42.8 Å². The van der Waals surface area contributed by atoms with Crippen molar-refractivity contribution in [3.63, 3.8) is 0 Å². The Morgan fingerprint density at radius 2 is 2.07 bits per heavy atom. The first-order valence-corrected chi connectivity index (χ1v) is 5.16. The van der Waals surface area contributed by atoms with Gasteiger partial charge in [-0.3, -0.25) is 4.79 Å². The van der Waals surface area contributed by atoms with Crippen LogP contribution in [-0.2, 0) is 16.0 Å². The van der Waals surface area contributed by atoms with Crippen LogP contribution in [0.1, 0.15) is 18.4 Å². The van der Waals surface area contributed by atoms with E-state index in [4.69, 9.17) is 0 Å². The first-order chi connectivity index (χ1) is 7.22. The highest BCUT2D eigenvalue weighted by Gasteiger charge is 2.12. The third-order valence-electron chi connectivity index (χ3n) is 2.35. The Kier molecular flexibility index (Phi) is 4.75. The molecule has 0 saturated carbocycles. The second-order valence-corrected chi connectivity index (χ2v) is 3.67. The van der Waals surface area contributed by atoms with Gasteiger partial charge in [-0.1, -0.05) is 30.3 Å². The standard InChI is InChI=1S/C13H17O2/c1-11(8-9-13(14)15-2)10-12-6-4-3-5-7-12/h3-7,11H,1,8-10H2,2H3/q+1/t11-/m1/s1. The molecular weight excluding hydrogens is 188 g/mol. The highest BCUT2D eigenvalue weighted by Crippen LogP contribution is 2.13. The SMILES string of the molecule is [CH2+][C@H](CCC(=O)OC)Cc1ccccc1. The van der Waals surface area contributed by atoms with E-state index in [1.54, 1.807) is 0 Å². The number of esters is 1. The van der Waals surface area contributed by atoms with Crippen LogP contribution in [0.2, 0.25) is 0 Å². The summed E-state index contributed by atoms with van der Waals surface area (Å²) in [5, 5.41) is 0. The molecule has 1 atom stereocenters. The summed E-state index contributed by atoms with van der Waals surface area (Å²) in [5.74, 6) is 0.114. The zero-order valence-corrected chi connectivity index (χ0v) is 9.11. The van der Waals surface area contributed by atoms with Gasteiger partial charge in [-0.05, 0) is 5.56 Å². The molecule has 0 saturated heterocycles. The molecule has 0 amide bonds. The number of hydrogen-bond acceptors (Lipinski definition) is 2. The van der Waals surface area contributed by atoms with Crippen molar-refractivity contribution < 1.29 is 9.53 Å². The summed E-state index contributed by atoms with van der Waals surface area (Å²) >= 11 is 0. The molecule has 0 heterocycles. The minimum absolute atomic E-state index is 0.156. The third kappa shape index (κ3) is 4.54. The molecule has 0 aliphatic carbocycles. The van der Waals surface area contributed by atoms with Crippen LogP contribution < -0.4 is 0 Å². The lowest BCUT2D eigenvalue weighted by Crippen LogP contribution is -2.06. The fourth-order valence-corrected chi connectivity index (χ4v) is 1.47. The van der Waals surface area contributed by atoms with E-state index in [1.807, 2.05) is 18.2 Å². The lowest BCUT2D eigenvalue weighted by molar-refractivity contribution is -0.140. The Morgan fingerprint density at radius 3 is 2.67 bits per heavy atom. The van der Waals surface area contributed by atoms with Crippen LogP contribution in [-0.4, -0.2) is 13.1 Å². The molecule has 15 heavy (non-hydrogen) atoms. The number of methoxy groups -OCH3 is 1. The van der Waals surface area contributed by atoms with Gasteiger partial charge >= 0.3 is 5.97 Å². The molecule has 1 aromatic carbocycles. The Balaban J connectivity index is 2.30. The fraction of sp³-hybridized carbons (Fsp3) is 0.385. The van der Waals surface area contributed by atoms with Crippen LogP contribution in [0.4, 0.5) is 0 Å². The molecule has 0 spiro atoms. The Bertz CT molecular complexity index is 293. The third-order valence-corrected chi connectivity index (χ3v) is 2.35. The Hall–Kier alpha value is -1.44. The lowest BCUT2D eigenvalue weighted by atomic mass is 9.97. The fourth-order valence-electron chi connectivity index (χ4n) is 1.47. The molecule has 2 nitrogen and oxygen atoms in total. The predicted octanol–water partition coefficient (Wildman–Crippen LogP) is 2.63. The molecule has 0 aromatic heterocycles. The Labute approximate surface area is 91.3 Å². The normalized spacial score (nSPS) is 12.1. The second-order valence-electron chi connectivity index (χ2n) is 3.67. The summed E-state index contributed by atoms with van der Waals surface area (Å²) in [6.07, 6.45) is 2.15. The molecule has 0 unspecified atom stereocenters. The van der Waals surface area contributed by atoms with Crippen molar-refractivity contribution in [2.24, 2.45) is 5.92 Å². The largest absolute Gasteiger partial charge is 0.469 e. The maximum absolute atomic E-state index is 10.9. The molecule has 1 aromatic rings. The number of carbonyl (C=O) groups is 1. The molecule has 0 fully saturated rings. The van der Waals surface area contributed by atoms with Crippen molar-refractivity contribution >= 4 is 5.97 Å². The molecule has 0 aliphatic rings. The molecular formula is C13H17O2+. The van der Waals surface area contributed by atoms with Gasteiger partial charge in [0, 0.05) is 19.3 Å². The molecule has 80 valence electrons. The van der Waals surface area contributed by atoms with Gasteiger partial charge in [0.2, 0.25) is 0 Å². The molecule has 2 heteroatoms. The number of carbonyl (C=O) groups excluding carboxylic acids is 1. The highest BCUT2D eigenvalue weighted by molar-refractivity contribution is 5.69. The van der Waals surface area contributed by atoms with Gasteiger partial charge in [-0.2, -0.15) is 0 Å². The van der Waals surface area contributed by atoms with E-state index >= 15 is 0 Å². The monoisotopic (exact) mass is 205 g/mol. The number of ether oxygens (including phenoxy) is 1. The molecule has 0 aliphatic heterocycles. The molecule has 0 radical (unpaired) electrons. The highest BCUT2D eigenvalue weighted by atomic mass is 16.5. The van der Waals surface area contributed by atoms with E-state index in [1.165, 1.54) is 12.7 Å². The van der Waals surface area contributed by atoms with Crippen molar-refractivity contribution in [1.29, 1.82) is 0 Å². The maximum Gasteiger partial charge on any atom is 0.305 e. The van der Waals surface area contributed by atoms with E-state index in [0.717, 1.165) is 12.8 Å². The van der Waals surface area contributed by atoms with Gasteiger partial charge in [0.15, 0.2) is 0 Å². The van der Waals surface area contributed by atoms with Crippen LogP contribution >= 0.6 is 0 Å². The van der Waals surface area contributed by atoms with Gasteiger partial charge in [0.1, 0.15) is 0 Å². The number of rotatable bonds is 5. The summed E-state index contributed by atoms with van der Waals surface area (Å²) in [4.78, 5) is 10.9. The van der Waals surface area contributed by atoms with Crippen LogP contribution in [0.3, 0.4) is 0 Å². The van der Waals surface area contributed by atoms with Crippen molar-refractivity contribution in [1.82, 2.24) is 0 Å². The lowest BCUT2D eigenvalue weighted by Gasteiger charge is -2.05. The quantitative estimate of drug-likeness (QED) is 0.545. The first kappa shape index (κ1) is 11.6. The number of hydrogen-bond donors (Lipinski definition) is 0. The van der Waals surface area contributed by atoms with Gasteiger partial charge in [0.25, 0.3) is 0 Å². The second kappa shape index (κ2) is 6.12. The summed E-state index contributed by atoms with van der Waals surface area (Å²) in [6.45, 7) is 4.03. The number of benzene rings is 1. The van der Waals surface area contributed by atoms with Gasteiger partial charge in [-0.15, -0.1) is 0 Å². The van der Waals surface area contributed by atoms with E-state index in [-0.39, 0.29) is 11.9 Å². The van der Waals surface area contributed by atoms with Crippen LogP contribution in [0.5, 0.6) is 0 Å². The summed E-state index contributed by atoms with van der Waals surface area (Å²) < 4.78 is 4.58. The minimum Gasteiger partial charge on any atom is -0.469 e.